The van der Waals surface area contributed by atoms with Gasteiger partial charge < -0.3 is 15.0 Å². The highest BCUT2D eigenvalue weighted by molar-refractivity contribution is 7.92. The van der Waals surface area contributed by atoms with E-state index >= 15 is 0 Å². The molecule has 0 unspecified atom stereocenters. The molecule has 0 fully saturated rings. The molecule has 10 heteroatoms. The fourth-order valence-electron chi connectivity index (χ4n) is 3.54. The number of halogens is 1. The van der Waals surface area contributed by atoms with E-state index in [-0.39, 0.29) is 43.8 Å². The average molecular weight is 524 g/mol. The summed E-state index contributed by atoms with van der Waals surface area (Å²) >= 11 is 5.98. The van der Waals surface area contributed by atoms with Gasteiger partial charge in [0.25, 0.3) is 0 Å². The van der Waals surface area contributed by atoms with Gasteiger partial charge in [0.15, 0.2) is 0 Å². The number of ether oxygens (including phenoxy) is 1. The molecular formula is C25H34ClN3O5S. The molecule has 2 rings (SSSR count). The fourth-order valence-corrected chi connectivity index (χ4v) is 4.63. The second kappa shape index (κ2) is 12.8. The molecule has 0 spiro atoms. The molecule has 2 aromatic carbocycles. The Kier molecular flexibility index (Phi) is 10.4. The largest absolute Gasteiger partial charge is 0.497 e. The van der Waals surface area contributed by atoms with Gasteiger partial charge in [0.05, 0.1) is 19.1 Å². The Morgan fingerprint density at radius 1 is 1.09 bits per heavy atom. The van der Waals surface area contributed by atoms with Gasteiger partial charge in [-0.15, -0.1) is 0 Å². The quantitative estimate of drug-likeness (QED) is 0.456. The first-order valence-corrected chi connectivity index (χ1v) is 13.6. The molecule has 0 saturated heterocycles. The van der Waals surface area contributed by atoms with Crippen LogP contribution in [0.5, 0.6) is 5.75 Å². The summed E-state index contributed by atoms with van der Waals surface area (Å²) in [5.41, 5.74) is 1.29. The van der Waals surface area contributed by atoms with Crippen molar-refractivity contribution in [3.63, 3.8) is 0 Å². The third-order valence-corrected chi connectivity index (χ3v) is 6.80. The van der Waals surface area contributed by atoms with Crippen molar-refractivity contribution in [2.24, 2.45) is 0 Å². The Morgan fingerprint density at radius 3 is 2.31 bits per heavy atom. The average Bonchev–Trinajstić information content (AvgIpc) is 2.79. The van der Waals surface area contributed by atoms with E-state index in [1.165, 1.54) is 16.3 Å². The summed E-state index contributed by atoms with van der Waals surface area (Å²) in [5.74, 6) is 0.0354. The van der Waals surface area contributed by atoms with Gasteiger partial charge in [-0.2, -0.15) is 0 Å². The minimum atomic E-state index is -3.58. The topological polar surface area (TPSA) is 96.0 Å². The van der Waals surface area contributed by atoms with Gasteiger partial charge in [-0.25, -0.2) is 8.42 Å². The van der Waals surface area contributed by atoms with Crippen LogP contribution in [-0.2, 0) is 26.2 Å². The second-order valence-corrected chi connectivity index (χ2v) is 11.0. The van der Waals surface area contributed by atoms with Crippen molar-refractivity contribution in [2.45, 2.75) is 52.2 Å². The highest BCUT2D eigenvalue weighted by Gasteiger charge is 2.27. The zero-order chi connectivity index (χ0) is 26.2. The van der Waals surface area contributed by atoms with Crippen LogP contribution in [0.3, 0.4) is 0 Å². The minimum absolute atomic E-state index is 0.0661. The smallest absolute Gasteiger partial charge is 0.242 e. The van der Waals surface area contributed by atoms with Crippen LogP contribution >= 0.6 is 11.6 Å². The lowest BCUT2D eigenvalue weighted by atomic mass is 10.1. The van der Waals surface area contributed by atoms with Crippen LogP contribution < -0.4 is 14.4 Å². The lowest BCUT2D eigenvalue weighted by molar-refractivity contribution is -0.140. The van der Waals surface area contributed by atoms with E-state index in [0.29, 0.717) is 16.5 Å². The highest BCUT2D eigenvalue weighted by atomic mass is 35.5. The van der Waals surface area contributed by atoms with Crippen molar-refractivity contribution in [3.8, 4) is 5.75 Å². The Bertz CT molecular complexity index is 1110. The number of benzene rings is 2. The van der Waals surface area contributed by atoms with Crippen molar-refractivity contribution in [1.29, 1.82) is 0 Å². The van der Waals surface area contributed by atoms with Gasteiger partial charge in [0, 0.05) is 36.6 Å². The zero-order valence-corrected chi connectivity index (χ0v) is 22.4. The normalized spacial score (nSPS) is 12.2. The van der Waals surface area contributed by atoms with Crippen LogP contribution in [-0.4, -0.2) is 57.1 Å². The van der Waals surface area contributed by atoms with E-state index in [4.69, 9.17) is 16.3 Å². The van der Waals surface area contributed by atoms with Crippen molar-refractivity contribution in [1.82, 2.24) is 10.2 Å². The number of anilines is 1. The Hall–Kier alpha value is -2.78. The number of hydrogen-bond acceptors (Lipinski definition) is 5. The lowest BCUT2D eigenvalue weighted by Gasteiger charge is -2.30. The van der Waals surface area contributed by atoms with Crippen LogP contribution in [0.1, 0.15) is 39.2 Å². The number of nitrogens with one attached hydrogen (secondary N) is 1. The standard InChI is InChI=1S/C25H34ClN3O5S/c1-18(2)27-25(31)19(3)28(17-20-11-13-21(26)14-12-20)24(30)10-7-15-29(35(5,32)33)22-8-6-9-23(16-22)34-4/h6,8-9,11-14,16,18-19H,7,10,15,17H2,1-5H3,(H,27,31)/t19-/m1/s1. The van der Waals surface area contributed by atoms with Gasteiger partial charge in [-0.3, -0.25) is 13.9 Å². The van der Waals surface area contributed by atoms with Crippen molar-refractivity contribution in [2.75, 3.05) is 24.2 Å². The van der Waals surface area contributed by atoms with Crippen LogP contribution in [0.25, 0.3) is 0 Å². The Morgan fingerprint density at radius 2 is 1.74 bits per heavy atom. The molecule has 0 radical (unpaired) electrons. The van der Waals surface area contributed by atoms with E-state index in [2.05, 4.69) is 5.32 Å². The molecule has 0 aliphatic rings. The van der Waals surface area contributed by atoms with E-state index < -0.39 is 16.1 Å². The van der Waals surface area contributed by atoms with Crippen molar-refractivity contribution < 1.29 is 22.7 Å². The van der Waals surface area contributed by atoms with Crippen LogP contribution in [0.2, 0.25) is 5.02 Å². The summed E-state index contributed by atoms with van der Waals surface area (Å²) in [5, 5.41) is 3.43. The monoisotopic (exact) mass is 523 g/mol. The van der Waals surface area contributed by atoms with Crippen LogP contribution in [0.15, 0.2) is 48.5 Å². The van der Waals surface area contributed by atoms with E-state index in [1.54, 1.807) is 43.3 Å². The summed E-state index contributed by atoms with van der Waals surface area (Å²) < 4.78 is 31.3. The Labute approximate surface area is 213 Å². The molecule has 1 atom stereocenters. The maximum atomic E-state index is 13.2. The number of amides is 2. The molecule has 192 valence electrons. The molecule has 0 bridgehead atoms. The van der Waals surface area contributed by atoms with Crippen LogP contribution in [0, 0.1) is 0 Å². The molecular weight excluding hydrogens is 490 g/mol. The first-order valence-electron chi connectivity index (χ1n) is 11.4. The molecule has 0 aliphatic carbocycles. The SMILES string of the molecule is COc1cccc(N(CCCC(=O)N(Cc2ccc(Cl)cc2)[C@H](C)C(=O)NC(C)C)S(C)(=O)=O)c1. The summed E-state index contributed by atoms with van der Waals surface area (Å²) in [4.78, 5) is 27.4. The first kappa shape index (κ1) is 28.5. The molecule has 2 amide bonds. The maximum absolute atomic E-state index is 13.2. The van der Waals surface area contributed by atoms with E-state index in [1.807, 2.05) is 26.0 Å². The van der Waals surface area contributed by atoms with E-state index in [9.17, 15) is 18.0 Å². The van der Waals surface area contributed by atoms with Crippen molar-refractivity contribution >= 4 is 39.1 Å². The molecule has 2 aromatic rings. The lowest BCUT2D eigenvalue weighted by Crippen LogP contribution is -2.49. The first-order chi connectivity index (χ1) is 16.4. The number of sulfonamides is 1. The second-order valence-electron chi connectivity index (χ2n) is 8.63. The summed E-state index contributed by atoms with van der Waals surface area (Å²) in [6.45, 7) is 5.74. The molecule has 8 nitrogen and oxygen atoms in total. The molecule has 35 heavy (non-hydrogen) atoms. The van der Waals surface area contributed by atoms with E-state index in [0.717, 1.165) is 11.8 Å². The van der Waals surface area contributed by atoms with Crippen molar-refractivity contribution in [3.05, 3.63) is 59.1 Å². The van der Waals surface area contributed by atoms with Gasteiger partial charge in [-0.05, 0) is 57.0 Å². The highest BCUT2D eigenvalue weighted by Crippen LogP contribution is 2.24. The van der Waals surface area contributed by atoms with Crippen LogP contribution in [0.4, 0.5) is 5.69 Å². The van der Waals surface area contributed by atoms with Gasteiger partial charge in [-0.1, -0.05) is 29.8 Å². The van der Waals surface area contributed by atoms with Gasteiger partial charge in [0.2, 0.25) is 21.8 Å². The number of methoxy groups -OCH3 is 1. The van der Waals surface area contributed by atoms with Gasteiger partial charge in [0.1, 0.15) is 11.8 Å². The number of hydrogen-bond donors (Lipinski definition) is 1. The molecule has 0 saturated carbocycles. The molecule has 0 aromatic heterocycles. The number of carbonyl (C=O) groups is 2. The zero-order valence-electron chi connectivity index (χ0n) is 20.8. The summed E-state index contributed by atoms with van der Waals surface area (Å²) in [7, 11) is -2.07. The third kappa shape index (κ3) is 8.74. The predicted molar refractivity (Wildman–Crippen MR) is 139 cm³/mol. The molecule has 0 heterocycles. The van der Waals surface area contributed by atoms with Gasteiger partial charge >= 0.3 is 0 Å². The predicted octanol–water partition coefficient (Wildman–Crippen LogP) is 3.84. The third-order valence-electron chi connectivity index (χ3n) is 5.36. The molecule has 0 aliphatic heterocycles. The summed E-state index contributed by atoms with van der Waals surface area (Å²) in [6, 6.07) is 13.1. The fraction of sp³-hybridized carbons (Fsp3) is 0.440. The Balaban J connectivity index is 2.17. The number of rotatable bonds is 12. The number of nitrogens with zero attached hydrogens (tertiary/aromatic N) is 2. The number of carbonyl (C=O) groups excluding carboxylic acids is 2. The maximum Gasteiger partial charge on any atom is 0.242 e. The summed E-state index contributed by atoms with van der Waals surface area (Å²) in [6.07, 6.45) is 1.47. The molecule has 1 N–H and O–H groups in total. The minimum Gasteiger partial charge on any atom is -0.497 e.